The molecule has 2 amide bonds. The average molecular weight is 388 g/mol. The molecule has 0 radical (unpaired) electrons. The Labute approximate surface area is 165 Å². The third-order valence-electron chi connectivity index (χ3n) is 4.80. The van der Waals surface area contributed by atoms with Crippen molar-refractivity contribution in [1.29, 1.82) is 0 Å². The molecule has 27 heavy (non-hydrogen) atoms. The van der Waals surface area contributed by atoms with Gasteiger partial charge in [0.2, 0.25) is 5.88 Å². The molecule has 2 aliphatic rings. The highest BCUT2D eigenvalue weighted by Crippen LogP contribution is 2.39. The molecule has 2 heterocycles. The van der Waals surface area contributed by atoms with Crippen molar-refractivity contribution in [3.63, 3.8) is 0 Å². The number of ether oxygens (including phenoxy) is 1. The Kier molecular flexibility index (Phi) is 5.79. The second-order valence-electron chi connectivity index (χ2n) is 6.71. The quantitative estimate of drug-likeness (QED) is 0.426. The van der Waals surface area contributed by atoms with Gasteiger partial charge in [-0.3, -0.25) is 19.4 Å². The molecule has 2 aliphatic heterocycles. The first kappa shape index (κ1) is 19.4. The number of carbonyl (C=O) groups excluding carboxylic acids is 2. The summed E-state index contributed by atoms with van der Waals surface area (Å²) in [6, 6.07) is 7.48. The maximum absolute atomic E-state index is 13.2. The van der Waals surface area contributed by atoms with Crippen molar-refractivity contribution >= 4 is 34.8 Å². The SMILES string of the molecule is CCCCN1C(=O)C(=C2Oc3ccccc3N2C)C(=O)N(CCCC)C1=S. The van der Waals surface area contributed by atoms with Gasteiger partial charge in [-0.15, -0.1) is 0 Å². The zero-order valence-corrected chi connectivity index (χ0v) is 16.8. The van der Waals surface area contributed by atoms with Crippen molar-refractivity contribution in [3.8, 4) is 5.75 Å². The maximum atomic E-state index is 13.2. The van der Waals surface area contributed by atoms with Crippen LogP contribution in [0.5, 0.6) is 5.75 Å². The van der Waals surface area contributed by atoms with E-state index < -0.39 is 0 Å². The van der Waals surface area contributed by atoms with Crippen LogP contribution in [0.15, 0.2) is 35.7 Å². The number of anilines is 1. The Hall–Kier alpha value is -2.41. The van der Waals surface area contributed by atoms with Crippen molar-refractivity contribution in [2.75, 3.05) is 25.0 Å². The largest absolute Gasteiger partial charge is 0.438 e. The summed E-state index contributed by atoms with van der Waals surface area (Å²) in [6.07, 6.45) is 3.51. The zero-order chi connectivity index (χ0) is 19.6. The fourth-order valence-corrected chi connectivity index (χ4v) is 3.56. The summed E-state index contributed by atoms with van der Waals surface area (Å²) in [5.74, 6) is 0.162. The van der Waals surface area contributed by atoms with Crippen LogP contribution in [0.2, 0.25) is 0 Å². The van der Waals surface area contributed by atoms with E-state index in [4.69, 9.17) is 17.0 Å². The summed E-state index contributed by atoms with van der Waals surface area (Å²) in [5.41, 5.74) is 0.878. The van der Waals surface area contributed by atoms with Crippen LogP contribution >= 0.6 is 12.2 Å². The van der Waals surface area contributed by atoms with Crippen molar-refractivity contribution in [1.82, 2.24) is 9.80 Å². The molecule has 0 aromatic heterocycles. The molecule has 0 unspecified atom stereocenters. The summed E-state index contributed by atoms with van der Waals surface area (Å²) >= 11 is 5.49. The van der Waals surface area contributed by atoms with E-state index in [1.165, 1.54) is 0 Å². The fraction of sp³-hybridized carbons (Fsp3) is 0.450. The number of para-hydroxylation sites is 2. The van der Waals surface area contributed by atoms with Gasteiger partial charge >= 0.3 is 0 Å². The lowest BCUT2D eigenvalue weighted by Crippen LogP contribution is -2.57. The predicted octanol–water partition coefficient (Wildman–Crippen LogP) is 3.28. The first-order valence-corrected chi connectivity index (χ1v) is 9.84. The number of thiocarbonyl (C=S) groups is 1. The molecule has 1 aromatic rings. The molecule has 144 valence electrons. The standard InChI is InChI=1S/C20H25N3O3S/c1-4-6-12-22-17(24)16(18(25)23(20(22)27)13-7-5-2)19-21(3)14-10-8-9-11-15(14)26-19/h8-11H,4-7,12-13H2,1-3H3. The summed E-state index contributed by atoms with van der Waals surface area (Å²) in [5, 5.41) is 0.300. The highest BCUT2D eigenvalue weighted by Gasteiger charge is 2.44. The van der Waals surface area contributed by atoms with Crippen molar-refractivity contribution in [3.05, 3.63) is 35.7 Å². The van der Waals surface area contributed by atoms with Crippen LogP contribution in [0.25, 0.3) is 0 Å². The molecule has 0 aliphatic carbocycles. The monoisotopic (exact) mass is 387 g/mol. The minimum Gasteiger partial charge on any atom is -0.438 e. The van der Waals surface area contributed by atoms with E-state index in [1.807, 2.05) is 24.3 Å². The van der Waals surface area contributed by atoms with Gasteiger partial charge in [0, 0.05) is 20.1 Å². The average Bonchev–Trinajstić information content (AvgIpc) is 2.98. The number of hydrogen-bond donors (Lipinski definition) is 0. The Morgan fingerprint density at radius 1 is 0.963 bits per heavy atom. The predicted molar refractivity (Wildman–Crippen MR) is 108 cm³/mol. The van der Waals surface area contributed by atoms with Gasteiger partial charge in [0.05, 0.1) is 5.69 Å². The first-order valence-electron chi connectivity index (χ1n) is 9.43. The number of carbonyl (C=O) groups is 2. The third kappa shape index (κ3) is 3.43. The van der Waals surface area contributed by atoms with Crippen LogP contribution in [-0.2, 0) is 9.59 Å². The number of nitrogens with zero attached hydrogens (tertiary/aromatic N) is 3. The molecular formula is C20H25N3O3S. The minimum atomic E-state index is -0.374. The normalized spacial score (nSPS) is 17.0. The number of amides is 2. The van der Waals surface area contributed by atoms with E-state index in [-0.39, 0.29) is 23.3 Å². The summed E-state index contributed by atoms with van der Waals surface area (Å²) in [4.78, 5) is 31.2. The van der Waals surface area contributed by atoms with Crippen LogP contribution in [-0.4, -0.2) is 46.9 Å². The van der Waals surface area contributed by atoms with E-state index in [0.717, 1.165) is 31.4 Å². The second kappa shape index (κ2) is 8.08. The molecule has 0 bridgehead atoms. The Morgan fingerprint density at radius 3 is 2.04 bits per heavy atom. The Balaban J connectivity index is 2.03. The third-order valence-corrected chi connectivity index (χ3v) is 5.24. The maximum Gasteiger partial charge on any atom is 0.271 e. The summed E-state index contributed by atoms with van der Waals surface area (Å²) in [6.45, 7) is 5.11. The van der Waals surface area contributed by atoms with Gasteiger partial charge in [0.15, 0.2) is 16.4 Å². The number of rotatable bonds is 6. The Bertz CT molecular complexity index is 773. The number of fused-ring (bicyclic) bond motifs is 1. The Morgan fingerprint density at radius 2 is 1.52 bits per heavy atom. The van der Waals surface area contributed by atoms with Crippen LogP contribution < -0.4 is 9.64 Å². The van der Waals surface area contributed by atoms with E-state index in [9.17, 15) is 9.59 Å². The van der Waals surface area contributed by atoms with E-state index in [0.29, 0.717) is 24.0 Å². The molecular weight excluding hydrogens is 362 g/mol. The number of benzene rings is 1. The molecule has 3 rings (SSSR count). The number of unbranched alkanes of at least 4 members (excludes halogenated alkanes) is 2. The summed E-state index contributed by atoms with van der Waals surface area (Å²) in [7, 11) is 1.80. The topological polar surface area (TPSA) is 53.1 Å². The van der Waals surface area contributed by atoms with Gasteiger partial charge in [-0.2, -0.15) is 0 Å². The zero-order valence-electron chi connectivity index (χ0n) is 16.0. The van der Waals surface area contributed by atoms with Crippen molar-refractivity contribution in [2.24, 2.45) is 0 Å². The fourth-order valence-electron chi connectivity index (χ4n) is 3.21. The second-order valence-corrected chi connectivity index (χ2v) is 7.08. The molecule has 0 spiro atoms. The molecule has 0 N–H and O–H groups in total. The van der Waals surface area contributed by atoms with Crippen LogP contribution in [0.1, 0.15) is 39.5 Å². The highest BCUT2D eigenvalue weighted by atomic mass is 32.1. The minimum absolute atomic E-state index is 0.0505. The van der Waals surface area contributed by atoms with Crippen molar-refractivity contribution < 1.29 is 14.3 Å². The van der Waals surface area contributed by atoms with E-state index in [1.54, 1.807) is 21.7 Å². The van der Waals surface area contributed by atoms with Crippen molar-refractivity contribution in [2.45, 2.75) is 39.5 Å². The van der Waals surface area contributed by atoms with Gasteiger partial charge in [0.25, 0.3) is 11.8 Å². The van der Waals surface area contributed by atoms with Crippen LogP contribution in [0.4, 0.5) is 5.69 Å². The molecule has 1 fully saturated rings. The smallest absolute Gasteiger partial charge is 0.271 e. The van der Waals surface area contributed by atoms with Gasteiger partial charge in [-0.1, -0.05) is 38.8 Å². The first-order chi connectivity index (χ1) is 13.0. The molecule has 6 nitrogen and oxygen atoms in total. The molecule has 1 aromatic carbocycles. The highest BCUT2D eigenvalue weighted by molar-refractivity contribution is 7.80. The van der Waals surface area contributed by atoms with Gasteiger partial charge < -0.3 is 9.64 Å². The lowest BCUT2D eigenvalue weighted by molar-refractivity contribution is -0.134. The van der Waals surface area contributed by atoms with Crippen LogP contribution in [0, 0.1) is 0 Å². The summed E-state index contributed by atoms with van der Waals surface area (Å²) < 4.78 is 5.91. The lowest BCUT2D eigenvalue weighted by atomic mass is 10.1. The van der Waals surface area contributed by atoms with Gasteiger partial charge in [-0.25, -0.2) is 0 Å². The molecule has 0 saturated carbocycles. The van der Waals surface area contributed by atoms with E-state index in [2.05, 4.69) is 13.8 Å². The molecule has 0 atom stereocenters. The molecule has 7 heteroatoms. The lowest BCUT2D eigenvalue weighted by Gasteiger charge is -2.37. The van der Waals surface area contributed by atoms with E-state index >= 15 is 0 Å². The molecule has 1 saturated heterocycles. The van der Waals surface area contributed by atoms with Gasteiger partial charge in [0.1, 0.15) is 0 Å². The van der Waals surface area contributed by atoms with Gasteiger partial charge in [-0.05, 0) is 37.2 Å². The van der Waals surface area contributed by atoms with Crippen LogP contribution in [0.3, 0.4) is 0 Å². The number of hydrogen-bond acceptors (Lipinski definition) is 5.